The number of aromatic nitrogens is 2. The first-order chi connectivity index (χ1) is 13.9. The Balaban J connectivity index is 1.63. The second-order valence-corrected chi connectivity index (χ2v) is 6.35. The average molecular weight is 409 g/mol. The van der Waals surface area contributed by atoms with Crippen LogP contribution in [0.3, 0.4) is 0 Å². The number of nitrogens with zero attached hydrogens (tertiary/aromatic N) is 2. The first-order valence-corrected chi connectivity index (χ1v) is 8.79. The Kier molecular flexibility index (Phi) is 6.54. The molecule has 0 bridgehead atoms. The smallest absolute Gasteiger partial charge is 0.412 e. The molecule has 3 rings (SSSR count). The van der Waals surface area contributed by atoms with Gasteiger partial charge in [0.2, 0.25) is 0 Å². The number of benzene rings is 1. The van der Waals surface area contributed by atoms with Crippen molar-refractivity contribution in [2.45, 2.75) is 31.0 Å². The fraction of sp³-hybridized carbons (Fsp3) is 0.389. The minimum atomic E-state index is -1.58. The van der Waals surface area contributed by atoms with Crippen LogP contribution in [0.1, 0.15) is 11.8 Å². The van der Waals surface area contributed by atoms with Gasteiger partial charge in [-0.05, 0) is 5.56 Å². The highest BCUT2D eigenvalue weighted by molar-refractivity contribution is 5.83. The standard InChI is InChI=1S/C18H20FN3O7/c19-11-8-22(16-14(25)13(24)12(9-23)29-16)17(26)20-15(11)21-18(27)28-7-6-10-4-2-1-3-5-10/h1-5,8,12-14,16,23-25H,6-7,9H2,(H,20,21,26,27)/t12-,13-,14-,16?/m1/s1. The molecule has 0 aliphatic carbocycles. The molecule has 156 valence electrons. The van der Waals surface area contributed by atoms with E-state index in [1.165, 1.54) is 0 Å². The van der Waals surface area contributed by atoms with E-state index in [4.69, 9.17) is 14.6 Å². The van der Waals surface area contributed by atoms with Crippen LogP contribution in [0.2, 0.25) is 0 Å². The molecule has 0 saturated carbocycles. The van der Waals surface area contributed by atoms with E-state index in [1.807, 2.05) is 35.6 Å². The molecule has 10 nitrogen and oxygen atoms in total. The predicted molar refractivity (Wildman–Crippen MR) is 96.6 cm³/mol. The molecule has 2 heterocycles. The molecular weight excluding hydrogens is 389 g/mol. The number of aliphatic hydroxyl groups is 3. The fourth-order valence-electron chi connectivity index (χ4n) is 2.86. The molecule has 11 heteroatoms. The van der Waals surface area contributed by atoms with Crippen LogP contribution < -0.4 is 11.0 Å². The lowest BCUT2D eigenvalue weighted by atomic mass is 10.1. The number of hydrogen-bond acceptors (Lipinski definition) is 8. The first kappa shape index (κ1) is 20.9. The number of hydrogen-bond donors (Lipinski definition) is 4. The number of halogens is 1. The summed E-state index contributed by atoms with van der Waals surface area (Å²) in [5.74, 6) is -1.73. The highest BCUT2D eigenvalue weighted by atomic mass is 19.1. The van der Waals surface area contributed by atoms with Crippen LogP contribution >= 0.6 is 0 Å². The van der Waals surface area contributed by atoms with Crippen molar-refractivity contribution < 1.29 is 34.0 Å². The third-order valence-corrected chi connectivity index (χ3v) is 4.39. The van der Waals surface area contributed by atoms with E-state index in [0.29, 0.717) is 17.2 Å². The maximum Gasteiger partial charge on any atom is 0.412 e. The van der Waals surface area contributed by atoms with Crippen LogP contribution in [0, 0.1) is 5.82 Å². The maximum atomic E-state index is 14.3. The van der Waals surface area contributed by atoms with Gasteiger partial charge in [-0.2, -0.15) is 4.98 Å². The van der Waals surface area contributed by atoms with Gasteiger partial charge in [0.25, 0.3) is 0 Å². The van der Waals surface area contributed by atoms with Gasteiger partial charge in [0, 0.05) is 6.42 Å². The number of aliphatic hydroxyl groups excluding tert-OH is 3. The topological polar surface area (TPSA) is 143 Å². The second-order valence-electron chi connectivity index (χ2n) is 6.35. The molecule has 1 aromatic carbocycles. The van der Waals surface area contributed by atoms with E-state index < -0.39 is 54.6 Å². The summed E-state index contributed by atoms with van der Waals surface area (Å²) >= 11 is 0. The zero-order chi connectivity index (χ0) is 21.0. The van der Waals surface area contributed by atoms with Gasteiger partial charge in [-0.1, -0.05) is 30.3 Å². The summed E-state index contributed by atoms with van der Waals surface area (Å²) in [5.41, 5.74) is -0.0912. The number of anilines is 1. The van der Waals surface area contributed by atoms with Crippen molar-refractivity contribution in [1.29, 1.82) is 0 Å². The van der Waals surface area contributed by atoms with Gasteiger partial charge in [0.15, 0.2) is 17.9 Å². The molecule has 4 N–H and O–H groups in total. The molecule has 29 heavy (non-hydrogen) atoms. The summed E-state index contributed by atoms with van der Waals surface area (Å²) in [4.78, 5) is 27.4. The molecule has 1 aliphatic heterocycles. The lowest BCUT2D eigenvalue weighted by molar-refractivity contribution is -0.0553. The fourth-order valence-corrected chi connectivity index (χ4v) is 2.86. The van der Waals surface area contributed by atoms with Crippen LogP contribution in [-0.4, -0.2) is 62.5 Å². The minimum Gasteiger partial charge on any atom is -0.449 e. The summed E-state index contributed by atoms with van der Waals surface area (Å²) in [5, 5.41) is 30.8. The van der Waals surface area contributed by atoms with Gasteiger partial charge in [-0.3, -0.25) is 9.88 Å². The lowest BCUT2D eigenvalue weighted by Crippen LogP contribution is -2.36. The van der Waals surface area contributed by atoms with Gasteiger partial charge in [0.05, 0.1) is 19.4 Å². The van der Waals surface area contributed by atoms with Crippen molar-refractivity contribution in [2.75, 3.05) is 18.5 Å². The van der Waals surface area contributed by atoms with Crippen molar-refractivity contribution >= 4 is 11.9 Å². The quantitative estimate of drug-likeness (QED) is 0.513. The molecule has 1 aliphatic rings. The van der Waals surface area contributed by atoms with E-state index in [1.54, 1.807) is 0 Å². The van der Waals surface area contributed by atoms with E-state index in [0.717, 1.165) is 5.56 Å². The Morgan fingerprint density at radius 2 is 2.00 bits per heavy atom. The van der Waals surface area contributed by atoms with Crippen LogP contribution in [0.5, 0.6) is 0 Å². The molecule has 1 fully saturated rings. The molecule has 1 aromatic heterocycles. The molecule has 0 radical (unpaired) electrons. The van der Waals surface area contributed by atoms with Gasteiger partial charge in [-0.25, -0.2) is 14.0 Å². The van der Waals surface area contributed by atoms with Crippen molar-refractivity contribution in [3.8, 4) is 0 Å². The molecule has 2 aromatic rings. The Hall–Kier alpha value is -2.86. The first-order valence-electron chi connectivity index (χ1n) is 8.79. The Labute approximate surface area is 164 Å². The zero-order valence-electron chi connectivity index (χ0n) is 15.1. The summed E-state index contributed by atoms with van der Waals surface area (Å²) in [6.45, 7) is -0.565. The number of carbonyl (C=O) groups is 1. The van der Waals surface area contributed by atoms with Crippen molar-refractivity contribution in [2.24, 2.45) is 0 Å². The molecular formula is C18H20FN3O7. The van der Waals surface area contributed by atoms with Gasteiger partial charge in [0.1, 0.15) is 18.3 Å². The number of rotatable bonds is 6. The Morgan fingerprint density at radius 3 is 2.66 bits per heavy atom. The highest BCUT2D eigenvalue weighted by Crippen LogP contribution is 2.28. The maximum absolute atomic E-state index is 14.3. The van der Waals surface area contributed by atoms with Crippen molar-refractivity contribution in [3.63, 3.8) is 0 Å². The predicted octanol–water partition coefficient (Wildman–Crippen LogP) is -0.215. The molecule has 4 atom stereocenters. The van der Waals surface area contributed by atoms with E-state index in [9.17, 15) is 24.2 Å². The summed E-state index contributed by atoms with van der Waals surface area (Å²) < 4.78 is 25.0. The van der Waals surface area contributed by atoms with E-state index >= 15 is 0 Å². The average Bonchev–Trinajstić information content (AvgIpc) is 2.99. The van der Waals surface area contributed by atoms with Crippen LogP contribution in [0.25, 0.3) is 0 Å². The lowest BCUT2D eigenvalue weighted by Gasteiger charge is -2.17. The van der Waals surface area contributed by atoms with Crippen LogP contribution in [0.4, 0.5) is 15.0 Å². The molecule has 1 unspecified atom stereocenters. The molecule has 0 spiro atoms. The normalized spacial score (nSPS) is 23.7. The third kappa shape index (κ3) is 4.77. The Bertz CT molecular complexity index is 908. The van der Waals surface area contributed by atoms with Crippen molar-refractivity contribution in [3.05, 3.63) is 58.4 Å². The van der Waals surface area contributed by atoms with E-state index in [2.05, 4.69) is 4.98 Å². The number of nitrogens with one attached hydrogen (secondary N) is 1. The zero-order valence-corrected chi connectivity index (χ0v) is 15.1. The second kappa shape index (κ2) is 9.09. The largest absolute Gasteiger partial charge is 0.449 e. The van der Waals surface area contributed by atoms with Crippen molar-refractivity contribution in [1.82, 2.24) is 9.55 Å². The summed E-state index contributed by atoms with van der Waals surface area (Å²) in [6, 6.07) is 9.26. The molecule has 1 saturated heterocycles. The summed E-state index contributed by atoms with van der Waals surface area (Å²) in [7, 11) is 0. The Morgan fingerprint density at radius 1 is 1.28 bits per heavy atom. The summed E-state index contributed by atoms with van der Waals surface area (Å²) in [6.07, 6.45) is -5.47. The van der Waals surface area contributed by atoms with Gasteiger partial charge >= 0.3 is 11.8 Å². The van der Waals surface area contributed by atoms with Crippen LogP contribution in [-0.2, 0) is 15.9 Å². The van der Waals surface area contributed by atoms with Gasteiger partial charge < -0.3 is 24.8 Å². The minimum absolute atomic E-state index is 0.0388. The SMILES string of the molecule is O=C(Nc1nc(=O)n(C2O[C@H](CO)[C@@H](O)[C@H]2O)cc1F)OCCc1ccccc1. The number of amides is 1. The highest BCUT2D eigenvalue weighted by Gasteiger charge is 2.44. The van der Waals surface area contributed by atoms with Gasteiger partial charge in [-0.15, -0.1) is 0 Å². The third-order valence-electron chi connectivity index (χ3n) is 4.39. The van der Waals surface area contributed by atoms with E-state index in [-0.39, 0.29) is 6.61 Å². The monoisotopic (exact) mass is 409 g/mol. The number of carbonyl (C=O) groups excluding carboxylic acids is 1. The molecule has 1 amide bonds. The van der Waals surface area contributed by atoms with Crippen LogP contribution in [0.15, 0.2) is 41.3 Å². The number of ether oxygens (including phenoxy) is 2.